The highest BCUT2D eigenvalue weighted by atomic mass is 16.3. The van der Waals surface area contributed by atoms with Crippen LogP contribution in [0.2, 0.25) is 0 Å². The lowest BCUT2D eigenvalue weighted by atomic mass is 10.0. The summed E-state index contributed by atoms with van der Waals surface area (Å²) >= 11 is 0. The van der Waals surface area contributed by atoms with E-state index in [0.717, 1.165) is 5.56 Å². The second-order valence-corrected chi connectivity index (χ2v) is 6.30. The predicted molar refractivity (Wildman–Crippen MR) is 95.6 cm³/mol. The number of anilines is 1. The zero-order valence-corrected chi connectivity index (χ0v) is 14.7. The van der Waals surface area contributed by atoms with E-state index in [1.807, 2.05) is 20.8 Å². The van der Waals surface area contributed by atoms with Crippen LogP contribution in [0.3, 0.4) is 0 Å². The summed E-state index contributed by atoms with van der Waals surface area (Å²) in [6.07, 6.45) is 1.93. The van der Waals surface area contributed by atoms with Crippen LogP contribution >= 0.6 is 0 Å². The Morgan fingerprint density at radius 2 is 1.96 bits per heavy atom. The number of aliphatic hydroxyl groups excluding tert-OH is 1. The fraction of sp³-hybridized carbons (Fsp3) is 0.368. The lowest BCUT2D eigenvalue weighted by Crippen LogP contribution is -2.39. The van der Waals surface area contributed by atoms with E-state index in [4.69, 9.17) is 9.52 Å². The number of rotatable bonds is 7. The van der Waals surface area contributed by atoms with E-state index >= 15 is 0 Å². The molecule has 134 valence electrons. The van der Waals surface area contributed by atoms with E-state index < -0.39 is 0 Å². The van der Waals surface area contributed by atoms with Gasteiger partial charge in [-0.1, -0.05) is 19.9 Å². The molecule has 0 aliphatic carbocycles. The smallest absolute Gasteiger partial charge is 0.291 e. The van der Waals surface area contributed by atoms with Crippen molar-refractivity contribution in [3.05, 3.63) is 53.5 Å². The number of amides is 2. The number of hydrogen-bond donors (Lipinski definition) is 3. The monoisotopic (exact) mass is 344 g/mol. The molecule has 0 bridgehead atoms. The average Bonchev–Trinajstić information content (AvgIpc) is 3.10. The SMILES string of the molecule is Cc1ccc(C(=O)NC(CCO)C(C)C)cc1NC(=O)c1ccco1. The summed E-state index contributed by atoms with van der Waals surface area (Å²) in [5, 5.41) is 14.8. The van der Waals surface area contributed by atoms with Crippen molar-refractivity contribution in [3.8, 4) is 0 Å². The molecule has 6 heteroatoms. The van der Waals surface area contributed by atoms with Crippen LogP contribution in [0.4, 0.5) is 5.69 Å². The predicted octanol–water partition coefficient (Wildman–Crippen LogP) is 2.98. The Bertz CT molecular complexity index is 723. The second kappa shape index (κ2) is 8.48. The molecular formula is C19H24N2O4. The number of aliphatic hydroxyl groups is 1. The molecule has 3 N–H and O–H groups in total. The van der Waals surface area contributed by atoms with E-state index in [0.29, 0.717) is 17.7 Å². The zero-order valence-electron chi connectivity index (χ0n) is 14.7. The molecule has 0 saturated heterocycles. The molecule has 0 fully saturated rings. The summed E-state index contributed by atoms with van der Waals surface area (Å²) in [5.41, 5.74) is 1.84. The lowest BCUT2D eigenvalue weighted by molar-refractivity contribution is 0.0915. The van der Waals surface area contributed by atoms with Gasteiger partial charge in [-0.2, -0.15) is 0 Å². The largest absolute Gasteiger partial charge is 0.459 e. The summed E-state index contributed by atoms with van der Waals surface area (Å²) in [7, 11) is 0. The van der Waals surface area contributed by atoms with Gasteiger partial charge in [0.2, 0.25) is 0 Å². The molecule has 1 aromatic carbocycles. The number of nitrogens with one attached hydrogen (secondary N) is 2. The van der Waals surface area contributed by atoms with Gasteiger partial charge in [0, 0.05) is 23.9 Å². The molecule has 0 radical (unpaired) electrons. The van der Waals surface area contributed by atoms with Gasteiger partial charge in [-0.15, -0.1) is 0 Å². The molecule has 25 heavy (non-hydrogen) atoms. The van der Waals surface area contributed by atoms with Crippen LogP contribution in [-0.4, -0.2) is 29.6 Å². The molecule has 6 nitrogen and oxygen atoms in total. The summed E-state index contributed by atoms with van der Waals surface area (Å²) < 4.78 is 5.08. The van der Waals surface area contributed by atoms with Crippen LogP contribution in [0, 0.1) is 12.8 Å². The molecule has 2 rings (SSSR count). The quantitative estimate of drug-likeness (QED) is 0.720. The Hall–Kier alpha value is -2.60. The highest BCUT2D eigenvalue weighted by Crippen LogP contribution is 2.19. The van der Waals surface area contributed by atoms with Crippen LogP contribution in [0.15, 0.2) is 41.0 Å². The van der Waals surface area contributed by atoms with Gasteiger partial charge in [0.05, 0.1) is 6.26 Å². The number of benzene rings is 1. The molecule has 0 saturated carbocycles. The fourth-order valence-corrected chi connectivity index (χ4v) is 2.45. The maximum absolute atomic E-state index is 12.5. The van der Waals surface area contributed by atoms with Crippen molar-refractivity contribution >= 4 is 17.5 Å². The zero-order chi connectivity index (χ0) is 18.4. The average molecular weight is 344 g/mol. The van der Waals surface area contributed by atoms with Gasteiger partial charge >= 0.3 is 0 Å². The number of carbonyl (C=O) groups excluding carboxylic acids is 2. The number of aryl methyl sites for hydroxylation is 1. The maximum atomic E-state index is 12.5. The summed E-state index contributed by atoms with van der Waals surface area (Å²) in [6, 6.07) is 8.23. The van der Waals surface area contributed by atoms with E-state index in [2.05, 4.69) is 10.6 Å². The van der Waals surface area contributed by atoms with E-state index in [-0.39, 0.29) is 36.1 Å². The van der Waals surface area contributed by atoms with Gasteiger partial charge < -0.3 is 20.2 Å². The molecule has 0 aliphatic rings. The first kappa shape index (κ1) is 18.7. The van der Waals surface area contributed by atoms with Gasteiger partial charge in [0.1, 0.15) is 0 Å². The molecule has 0 spiro atoms. The minimum absolute atomic E-state index is 0.0154. The summed E-state index contributed by atoms with van der Waals surface area (Å²) in [6.45, 7) is 5.85. The van der Waals surface area contributed by atoms with Crippen molar-refractivity contribution in [2.45, 2.75) is 33.2 Å². The topological polar surface area (TPSA) is 91.6 Å². The first-order chi connectivity index (χ1) is 11.9. The molecule has 0 aliphatic heterocycles. The molecule has 1 aromatic heterocycles. The minimum atomic E-state index is -0.369. The third-order valence-electron chi connectivity index (χ3n) is 4.05. The van der Waals surface area contributed by atoms with Crippen LogP contribution in [0.5, 0.6) is 0 Å². The van der Waals surface area contributed by atoms with Gasteiger partial charge in [-0.05, 0) is 49.1 Å². The van der Waals surface area contributed by atoms with Crippen LogP contribution in [-0.2, 0) is 0 Å². The van der Waals surface area contributed by atoms with Gasteiger partial charge in [-0.3, -0.25) is 9.59 Å². The van der Waals surface area contributed by atoms with Crippen LogP contribution in [0.1, 0.15) is 46.7 Å². The van der Waals surface area contributed by atoms with Crippen molar-refractivity contribution < 1.29 is 19.1 Å². The van der Waals surface area contributed by atoms with Crippen LogP contribution < -0.4 is 10.6 Å². The molecule has 1 unspecified atom stereocenters. The number of carbonyl (C=O) groups is 2. The van der Waals surface area contributed by atoms with Crippen molar-refractivity contribution in [1.82, 2.24) is 5.32 Å². The Labute approximate surface area is 147 Å². The standard InChI is InChI=1S/C19H24N2O4/c1-12(2)15(8-9-22)20-18(23)14-7-6-13(3)16(11-14)21-19(24)17-5-4-10-25-17/h4-7,10-12,15,22H,8-9H2,1-3H3,(H,20,23)(H,21,24). The van der Waals surface area contributed by atoms with Gasteiger partial charge in [0.25, 0.3) is 11.8 Å². The Balaban J connectivity index is 2.14. The molecular weight excluding hydrogens is 320 g/mol. The first-order valence-electron chi connectivity index (χ1n) is 8.29. The van der Waals surface area contributed by atoms with Gasteiger partial charge in [-0.25, -0.2) is 0 Å². The first-order valence-corrected chi connectivity index (χ1v) is 8.29. The Morgan fingerprint density at radius 3 is 2.56 bits per heavy atom. The van der Waals surface area contributed by atoms with E-state index in [1.165, 1.54) is 6.26 Å². The van der Waals surface area contributed by atoms with Crippen molar-refractivity contribution in [2.24, 2.45) is 5.92 Å². The Morgan fingerprint density at radius 1 is 1.20 bits per heavy atom. The van der Waals surface area contributed by atoms with E-state index in [9.17, 15) is 9.59 Å². The lowest BCUT2D eigenvalue weighted by Gasteiger charge is -2.21. The molecule has 1 heterocycles. The number of hydrogen-bond acceptors (Lipinski definition) is 4. The third kappa shape index (κ3) is 4.93. The third-order valence-corrected chi connectivity index (χ3v) is 4.05. The highest BCUT2D eigenvalue weighted by Gasteiger charge is 2.18. The normalized spacial score (nSPS) is 12.0. The Kier molecular flexibility index (Phi) is 6.36. The second-order valence-electron chi connectivity index (χ2n) is 6.30. The molecule has 2 aromatic rings. The van der Waals surface area contributed by atoms with Gasteiger partial charge in [0.15, 0.2) is 5.76 Å². The van der Waals surface area contributed by atoms with Crippen molar-refractivity contribution in [2.75, 3.05) is 11.9 Å². The summed E-state index contributed by atoms with van der Waals surface area (Å²) in [4.78, 5) is 24.6. The molecule has 1 atom stereocenters. The van der Waals surface area contributed by atoms with Crippen LogP contribution in [0.25, 0.3) is 0 Å². The minimum Gasteiger partial charge on any atom is -0.459 e. The van der Waals surface area contributed by atoms with E-state index in [1.54, 1.807) is 30.3 Å². The number of furan rings is 1. The molecule has 2 amide bonds. The van der Waals surface area contributed by atoms with Crippen molar-refractivity contribution in [3.63, 3.8) is 0 Å². The summed E-state index contributed by atoms with van der Waals surface area (Å²) in [5.74, 6) is -0.191. The maximum Gasteiger partial charge on any atom is 0.291 e. The van der Waals surface area contributed by atoms with Crippen molar-refractivity contribution in [1.29, 1.82) is 0 Å². The fourth-order valence-electron chi connectivity index (χ4n) is 2.45. The highest BCUT2D eigenvalue weighted by molar-refractivity contribution is 6.03.